The standard InChI is InChI=1S/C11H11NO2/c13-6-5-11(14)9-7-12-10-4-2-1-3-8(9)10/h1-4,7,12-13H,5-6H2. The third-order valence-electron chi connectivity index (χ3n) is 2.23. The molecule has 0 bridgehead atoms. The maximum Gasteiger partial charge on any atom is 0.167 e. The Labute approximate surface area is 81.4 Å². The summed E-state index contributed by atoms with van der Waals surface area (Å²) in [6.45, 7) is -0.0989. The van der Waals surface area contributed by atoms with Crippen LogP contribution >= 0.6 is 0 Å². The van der Waals surface area contributed by atoms with E-state index in [4.69, 9.17) is 5.11 Å². The molecule has 2 rings (SSSR count). The fraction of sp³-hybridized carbons (Fsp3) is 0.182. The largest absolute Gasteiger partial charge is 0.396 e. The van der Waals surface area contributed by atoms with Crippen LogP contribution in [-0.2, 0) is 0 Å². The molecular weight excluding hydrogens is 178 g/mol. The number of carbonyl (C=O) groups is 1. The molecule has 2 N–H and O–H groups in total. The highest BCUT2D eigenvalue weighted by Crippen LogP contribution is 2.18. The van der Waals surface area contributed by atoms with Crippen LogP contribution in [0.3, 0.4) is 0 Å². The van der Waals surface area contributed by atoms with Crippen LogP contribution in [0.15, 0.2) is 30.5 Å². The number of aliphatic hydroxyl groups excluding tert-OH is 1. The second-order valence-corrected chi connectivity index (χ2v) is 3.14. The molecule has 0 saturated carbocycles. The summed E-state index contributed by atoms with van der Waals surface area (Å²) in [7, 11) is 0. The second kappa shape index (κ2) is 3.64. The van der Waals surface area contributed by atoms with Crippen LogP contribution in [0.5, 0.6) is 0 Å². The minimum atomic E-state index is -0.0989. The highest BCUT2D eigenvalue weighted by atomic mass is 16.3. The molecule has 3 heteroatoms. The maximum atomic E-state index is 11.5. The van der Waals surface area contributed by atoms with Crippen molar-refractivity contribution in [2.24, 2.45) is 0 Å². The molecule has 0 aliphatic carbocycles. The van der Waals surface area contributed by atoms with Gasteiger partial charge < -0.3 is 10.1 Å². The van der Waals surface area contributed by atoms with Crippen molar-refractivity contribution in [2.45, 2.75) is 6.42 Å². The number of ketones is 1. The Morgan fingerprint density at radius 2 is 2.14 bits per heavy atom. The van der Waals surface area contributed by atoms with Gasteiger partial charge in [0.1, 0.15) is 0 Å². The predicted molar refractivity (Wildman–Crippen MR) is 54.3 cm³/mol. The number of H-pyrrole nitrogens is 1. The zero-order valence-electron chi connectivity index (χ0n) is 7.66. The molecule has 0 amide bonds. The van der Waals surface area contributed by atoms with Gasteiger partial charge >= 0.3 is 0 Å². The van der Waals surface area contributed by atoms with Gasteiger partial charge in [0.25, 0.3) is 0 Å². The molecule has 0 spiro atoms. The average Bonchev–Trinajstić information content (AvgIpc) is 2.61. The first kappa shape index (κ1) is 8.97. The van der Waals surface area contributed by atoms with Crippen LogP contribution < -0.4 is 0 Å². The van der Waals surface area contributed by atoms with Gasteiger partial charge in [0.05, 0.1) is 6.61 Å². The van der Waals surface area contributed by atoms with Crippen molar-refractivity contribution < 1.29 is 9.90 Å². The van der Waals surface area contributed by atoms with E-state index in [0.29, 0.717) is 5.56 Å². The van der Waals surface area contributed by atoms with Crippen molar-refractivity contribution in [3.63, 3.8) is 0 Å². The van der Waals surface area contributed by atoms with Crippen LogP contribution in [0.4, 0.5) is 0 Å². The number of para-hydroxylation sites is 1. The molecule has 0 aliphatic rings. The van der Waals surface area contributed by atoms with E-state index in [-0.39, 0.29) is 18.8 Å². The van der Waals surface area contributed by atoms with Crippen LogP contribution in [0.25, 0.3) is 10.9 Å². The highest BCUT2D eigenvalue weighted by molar-refractivity contribution is 6.07. The van der Waals surface area contributed by atoms with Gasteiger partial charge in [-0.1, -0.05) is 18.2 Å². The molecule has 14 heavy (non-hydrogen) atoms. The number of Topliss-reactive ketones (excluding diaryl/α,β-unsaturated/α-hetero) is 1. The summed E-state index contributed by atoms with van der Waals surface area (Å²) in [5.74, 6) is -0.0232. The van der Waals surface area contributed by atoms with Gasteiger partial charge in [0.15, 0.2) is 5.78 Å². The van der Waals surface area contributed by atoms with Crippen LogP contribution in [0, 0.1) is 0 Å². The van der Waals surface area contributed by atoms with E-state index < -0.39 is 0 Å². The molecule has 0 unspecified atom stereocenters. The maximum absolute atomic E-state index is 11.5. The third kappa shape index (κ3) is 1.42. The lowest BCUT2D eigenvalue weighted by atomic mass is 10.1. The SMILES string of the molecule is O=C(CCO)c1c[nH]c2ccccc12. The monoisotopic (exact) mass is 189 g/mol. The number of hydrogen-bond acceptors (Lipinski definition) is 2. The molecule has 1 aromatic heterocycles. The molecule has 72 valence electrons. The van der Waals surface area contributed by atoms with Crippen molar-refractivity contribution in [3.8, 4) is 0 Å². The molecular formula is C11H11NO2. The number of carbonyl (C=O) groups excluding carboxylic acids is 1. The number of aromatic nitrogens is 1. The molecule has 0 atom stereocenters. The van der Waals surface area contributed by atoms with Crippen molar-refractivity contribution >= 4 is 16.7 Å². The molecule has 2 aromatic rings. The van der Waals surface area contributed by atoms with E-state index in [9.17, 15) is 4.79 Å². The van der Waals surface area contributed by atoms with Crippen molar-refractivity contribution in [3.05, 3.63) is 36.0 Å². The molecule has 1 heterocycles. The van der Waals surface area contributed by atoms with E-state index in [1.54, 1.807) is 6.20 Å². The van der Waals surface area contributed by atoms with Gasteiger partial charge in [-0.2, -0.15) is 0 Å². The molecule has 1 aromatic carbocycles. The first-order valence-corrected chi connectivity index (χ1v) is 4.53. The van der Waals surface area contributed by atoms with Crippen LogP contribution in [0.1, 0.15) is 16.8 Å². The van der Waals surface area contributed by atoms with Gasteiger partial charge in [0.2, 0.25) is 0 Å². The first-order valence-electron chi connectivity index (χ1n) is 4.53. The summed E-state index contributed by atoms with van der Waals surface area (Å²) >= 11 is 0. The lowest BCUT2D eigenvalue weighted by molar-refractivity contribution is 0.0958. The summed E-state index contributed by atoms with van der Waals surface area (Å²) < 4.78 is 0. The van der Waals surface area contributed by atoms with E-state index >= 15 is 0 Å². The Hall–Kier alpha value is -1.61. The summed E-state index contributed by atoms with van der Waals surface area (Å²) in [4.78, 5) is 14.6. The lowest BCUT2D eigenvalue weighted by Gasteiger charge is -1.95. The third-order valence-corrected chi connectivity index (χ3v) is 2.23. The smallest absolute Gasteiger partial charge is 0.167 e. The minimum absolute atomic E-state index is 0.0232. The molecule has 0 saturated heterocycles. The molecule has 0 fully saturated rings. The van der Waals surface area contributed by atoms with Crippen molar-refractivity contribution in [2.75, 3.05) is 6.61 Å². The van der Waals surface area contributed by atoms with E-state index in [1.165, 1.54) is 0 Å². The molecule has 0 radical (unpaired) electrons. The van der Waals surface area contributed by atoms with Crippen molar-refractivity contribution in [1.29, 1.82) is 0 Å². The van der Waals surface area contributed by atoms with Crippen molar-refractivity contribution in [1.82, 2.24) is 4.98 Å². The first-order chi connectivity index (χ1) is 6.83. The normalized spacial score (nSPS) is 10.6. The number of hydrogen-bond donors (Lipinski definition) is 2. The number of aliphatic hydroxyl groups is 1. The Morgan fingerprint density at radius 1 is 1.36 bits per heavy atom. The molecule has 0 aliphatic heterocycles. The number of rotatable bonds is 3. The topological polar surface area (TPSA) is 53.1 Å². The number of nitrogens with one attached hydrogen (secondary N) is 1. The Bertz CT molecular complexity index is 459. The number of benzene rings is 1. The predicted octanol–water partition coefficient (Wildman–Crippen LogP) is 1.73. The zero-order chi connectivity index (χ0) is 9.97. The van der Waals surface area contributed by atoms with E-state index in [0.717, 1.165) is 10.9 Å². The van der Waals surface area contributed by atoms with Gasteiger partial charge in [-0.25, -0.2) is 0 Å². The highest BCUT2D eigenvalue weighted by Gasteiger charge is 2.10. The summed E-state index contributed by atoms with van der Waals surface area (Å²) in [6.07, 6.45) is 1.88. The Balaban J connectivity index is 2.47. The van der Waals surface area contributed by atoms with E-state index in [1.807, 2.05) is 24.3 Å². The van der Waals surface area contributed by atoms with Gasteiger partial charge in [-0.3, -0.25) is 4.79 Å². The Kier molecular flexibility index (Phi) is 2.33. The van der Waals surface area contributed by atoms with Crippen LogP contribution in [-0.4, -0.2) is 22.5 Å². The zero-order valence-corrected chi connectivity index (χ0v) is 7.66. The fourth-order valence-corrected chi connectivity index (χ4v) is 1.54. The summed E-state index contributed by atoms with van der Waals surface area (Å²) in [5.41, 5.74) is 1.61. The Morgan fingerprint density at radius 3 is 2.93 bits per heavy atom. The number of fused-ring (bicyclic) bond motifs is 1. The van der Waals surface area contributed by atoms with Crippen LogP contribution in [0.2, 0.25) is 0 Å². The minimum Gasteiger partial charge on any atom is -0.396 e. The van der Waals surface area contributed by atoms with Gasteiger partial charge in [-0.15, -0.1) is 0 Å². The summed E-state index contributed by atoms with van der Waals surface area (Å²) in [5, 5.41) is 9.60. The number of aromatic amines is 1. The fourth-order valence-electron chi connectivity index (χ4n) is 1.54. The van der Waals surface area contributed by atoms with E-state index in [2.05, 4.69) is 4.98 Å². The lowest BCUT2D eigenvalue weighted by Crippen LogP contribution is -2.00. The average molecular weight is 189 g/mol. The van der Waals surface area contributed by atoms with Gasteiger partial charge in [-0.05, 0) is 6.07 Å². The quantitative estimate of drug-likeness (QED) is 0.722. The summed E-state index contributed by atoms with van der Waals surface area (Å²) in [6, 6.07) is 7.63. The second-order valence-electron chi connectivity index (χ2n) is 3.14. The molecule has 3 nitrogen and oxygen atoms in total. The van der Waals surface area contributed by atoms with Gasteiger partial charge in [0, 0.05) is 29.1 Å².